The summed E-state index contributed by atoms with van der Waals surface area (Å²) < 4.78 is 12.1. The van der Waals surface area contributed by atoms with Crippen LogP contribution in [0.5, 0.6) is 0 Å². The van der Waals surface area contributed by atoms with Crippen molar-refractivity contribution in [2.24, 2.45) is 0 Å². The summed E-state index contributed by atoms with van der Waals surface area (Å²) in [5.74, 6) is 0.647. The minimum atomic E-state index is -0.0703. The fourth-order valence-corrected chi connectivity index (χ4v) is 3.04. The first kappa shape index (κ1) is 17.8. The van der Waals surface area contributed by atoms with Gasteiger partial charge < -0.3 is 18.5 Å². The number of furan rings is 1. The summed E-state index contributed by atoms with van der Waals surface area (Å²) in [5, 5.41) is 0.949. The molecule has 132 valence electrons. The average Bonchev–Trinajstić information content (AvgIpc) is 3.20. The van der Waals surface area contributed by atoms with Gasteiger partial charge >= 0.3 is 0 Å². The second-order valence-corrected chi connectivity index (χ2v) is 6.38. The number of nitrogens with zero attached hydrogens (tertiary/aromatic N) is 3. The summed E-state index contributed by atoms with van der Waals surface area (Å²) in [5.41, 5.74) is 1.19. The number of methoxy groups -OCH3 is 1. The van der Waals surface area contributed by atoms with E-state index in [-0.39, 0.29) is 12.3 Å². The van der Waals surface area contributed by atoms with Gasteiger partial charge in [0.1, 0.15) is 5.76 Å². The Balaban J connectivity index is 1.76. The number of fused-ring (bicyclic) bond motifs is 1. The number of halogens is 2. The molecule has 3 aromatic rings. The van der Waals surface area contributed by atoms with Gasteiger partial charge in [0.15, 0.2) is 5.65 Å². The van der Waals surface area contributed by atoms with E-state index in [1.807, 2.05) is 6.07 Å². The van der Waals surface area contributed by atoms with Gasteiger partial charge in [-0.25, -0.2) is 4.98 Å². The Hall–Kier alpha value is -2.02. The van der Waals surface area contributed by atoms with Gasteiger partial charge in [-0.3, -0.25) is 4.79 Å². The van der Waals surface area contributed by atoms with Crippen molar-refractivity contribution < 1.29 is 13.9 Å². The molecule has 0 saturated heterocycles. The monoisotopic (exact) mass is 381 g/mol. The van der Waals surface area contributed by atoms with Crippen molar-refractivity contribution in [1.29, 1.82) is 0 Å². The molecule has 3 rings (SSSR count). The van der Waals surface area contributed by atoms with Gasteiger partial charge in [-0.1, -0.05) is 23.2 Å². The van der Waals surface area contributed by atoms with Crippen molar-refractivity contribution in [3.05, 3.63) is 58.4 Å². The van der Waals surface area contributed by atoms with Crippen LogP contribution in [0.25, 0.3) is 5.65 Å². The number of hydrogen-bond acceptors (Lipinski definition) is 4. The molecular formula is C17H17Cl2N3O3. The molecule has 0 radical (unpaired) electrons. The van der Waals surface area contributed by atoms with Crippen LogP contribution in [0.15, 0.2) is 41.3 Å². The van der Waals surface area contributed by atoms with Crippen molar-refractivity contribution in [3.8, 4) is 0 Å². The van der Waals surface area contributed by atoms with Crippen LogP contribution in [0.2, 0.25) is 10.0 Å². The molecule has 25 heavy (non-hydrogen) atoms. The van der Waals surface area contributed by atoms with Gasteiger partial charge in [0.2, 0.25) is 5.91 Å². The maximum absolute atomic E-state index is 12.7. The number of amides is 1. The van der Waals surface area contributed by atoms with E-state index in [4.69, 9.17) is 32.4 Å². The molecule has 0 bridgehead atoms. The minimum absolute atomic E-state index is 0.0703. The number of carbonyl (C=O) groups excluding carboxylic acids is 1. The Morgan fingerprint density at radius 3 is 2.96 bits per heavy atom. The van der Waals surface area contributed by atoms with Crippen LogP contribution in [-0.2, 0) is 22.5 Å². The summed E-state index contributed by atoms with van der Waals surface area (Å²) in [6, 6.07) is 5.25. The molecule has 0 fully saturated rings. The third kappa shape index (κ3) is 4.34. The summed E-state index contributed by atoms with van der Waals surface area (Å²) in [4.78, 5) is 18.8. The molecule has 3 heterocycles. The molecule has 0 spiro atoms. The summed E-state index contributed by atoms with van der Waals surface area (Å²) in [7, 11) is 1.60. The van der Waals surface area contributed by atoms with Crippen LogP contribution >= 0.6 is 23.2 Å². The first-order chi connectivity index (χ1) is 12.1. The summed E-state index contributed by atoms with van der Waals surface area (Å²) in [6.45, 7) is 1.30. The van der Waals surface area contributed by atoms with Gasteiger partial charge in [-0.05, 0) is 18.2 Å². The maximum Gasteiger partial charge on any atom is 0.229 e. The van der Waals surface area contributed by atoms with Crippen LogP contribution in [0.3, 0.4) is 0 Å². The van der Waals surface area contributed by atoms with E-state index in [0.29, 0.717) is 46.8 Å². The average molecular weight is 382 g/mol. The summed E-state index contributed by atoms with van der Waals surface area (Å²) >= 11 is 12.1. The van der Waals surface area contributed by atoms with Crippen LogP contribution in [-0.4, -0.2) is 40.5 Å². The lowest BCUT2D eigenvalue weighted by molar-refractivity contribution is -0.132. The van der Waals surface area contributed by atoms with Crippen LogP contribution in [0.4, 0.5) is 0 Å². The second-order valence-electron chi connectivity index (χ2n) is 5.53. The van der Waals surface area contributed by atoms with Gasteiger partial charge in [-0.2, -0.15) is 0 Å². The number of rotatable bonds is 7. The standard InChI is InChI=1S/C17H17Cl2N3O3/c1-24-6-4-21(11-14-3-2-5-25-14)16(23)8-13-10-22-9-12(18)7-15(19)17(22)20-13/h2-3,5,7,9-10H,4,6,8,11H2,1H3. The Morgan fingerprint density at radius 2 is 2.24 bits per heavy atom. The lowest BCUT2D eigenvalue weighted by Crippen LogP contribution is -2.34. The molecule has 8 heteroatoms. The Morgan fingerprint density at radius 1 is 1.40 bits per heavy atom. The lowest BCUT2D eigenvalue weighted by atomic mass is 10.2. The van der Waals surface area contributed by atoms with E-state index < -0.39 is 0 Å². The SMILES string of the molecule is COCCN(Cc1ccco1)C(=O)Cc1cn2cc(Cl)cc(Cl)c2n1. The van der Waals surface area contributed by atoms with E-state index in [9.17, 15) is 4.79 Å². The zero-order valence-corrected chi connectivity index (χ0v) is 15.1. The molecule has 0 aliphatic heterocycles. The first-order valence-electron chi connectivity index (χ1n) is 7.68. The van der Waals surface area contributed by atoms with Crippen LogP contribution < -0.4 is 0 Å². The van der Waals surface area contributed by atoms with Crippen molar-refractivity contribution in [1.82, 2.24) is 14.3 Å². The van der Waals surface area contributed by atoms with Gasteiger partial charge in [0.25, 0.3) is 0 Å². The Kier molecular flexibility index (Phi) is 5.63. The predicted molar refractivity (Wildman–Crippen MR) is 94.9 cm³/mol. The van der Waals surface area contributed by atoms with Gasteiger partial charge in [0.05, 0.1) is 41.6 Å². The third-order valence-corrected chi connectivity index (χ3v) is 4.18. The molecule has 0 N–H and O–H groups in total. The third-order valence-electron chi connectivity index (χ3n) is 3.70. The topological polar surface area (TPSA) is 60.0 Å². The number of imidazole rings is 1. The molecule has 0 unspecified atom stereocenters. The highest BCUT2D eigenvalue weighted by Gasteiger charge is 2.18. The maximum atomic E-state index is 12.7. The lowest BCUT2D eigenvalue weighted by Gasteiger charge is -2.20. The minimum Gasteiger partial charge on any atom is -0.467 e. The molecular weight excluding hydrogens is 365 g/mol. The van der Waals surface area contributed by atoms with Crippen molar-refractivity contribution in [2.75, 3.05) is 20.3 Å². The van der Waals surface area contributed by atoms with Crippen LogP contribution in [0.1, 0.15) is 11.5 Å². The molecule has 0 saturated carbocycles. The van der Waals surface area contributed by atoms with Crippen LogP contribution in [0, 0.1) is 0 Å². The highest BCUT2D eigenvalue weighted by atomic mass is 35.5. The zero-order valence-electron chi connectivity index (χ0n) is 13.6. The normalized spacial score (nSPS) is 11.2. The molecule has 0 atom stereocenters. The fourth-order valence-electron chi connectivity index (χ4n) is 2.51. The number of aromatic nitrogens is 2. The highest BCUT2D eigenvalue weighted by Crippen LogP contribution is 2.22. The molecule has 0 aliphatic carbocycles. The molecule has 6 nitrogen and oxygen atoms in total. The number of pyridine rings is 1. The molecule has 0 aromatic carbocycles. The second kappa shape index (κ2) is 7.91. The number of hydrogen-bond donors (Lipinski definition) is 0. The quantitative estimate of drug-likeness (QED) is 0.628. The zero-order chi connectivity index (χ0) is 17.8. The van der Waals surface area contributed by atoms with Gasteiger partial charge in [0, 0.05) is 26.0 Å². The van der Waals surface area contributed by atoms with E-state index in [2.05, 4.69) is 4.98 Å². The Labute approximate surface area is 154 Å². The fraction of sp³-hybridized carbons (Fsp3) is 0.294. The number of carbonyl (C=O) groups is 1. The smallest absolute Gasteiger partial charge is 0.229 e. The van der Waals surface area contributed by atoms with E-state index >= 15 is 0 Å². The molecule has 1 amide bonds. The number of ether oxygens (including phenoxy) is 1. The van der Waals surface area contributed by atoms with Crippen molar-refractivity contribution in [2.45, 2.75) is 13.0 Å². The molecule has 0 aliphatic rings. The van der Waals surface area contributed by atoms with Gasteiger partial charge in [-0.15, -0.1) is 0 Å². The van der Waals surface area contributed by atoms with E-state index in [1.54, 1.807) is 47.2 Å². The highest BCUT2D eigenvalue weighted by molar-refractivity contribution is 6.36. The Bertz CT molecular complexity index is 862. The van der Waals surface area contributed by atoms with Crippen molar-refractivity contribution >= 4 is 34.8 Å². The molecule has 3 aromatic heterocycles. The predicted octanol–water partition coefficient (Wildman–Crippen LogP) is 3.45. The van der Waals surface area contributed by atoms with Crippen molar-refractivity contribution in [3.63, 3.8) is 0 Å². The summed E-state index contributed by atoms with van der Waals surface area (Å²) in [6.07, 6.45) is 5.20. The van der Waals surface area contributed by atoms with E-state index in [0.717, 1.165) is 0 Å². The largest absolute Gasteiger partial charge is 0.467 e. The van der Waals surface area contributed by atoms with E-state index in [1.165, 1.54) is 0 Å². The first-order valence-corrected chi connectivity index (χ1v) is 8.44.